The van der Waals surface area contributed by atoms with E-state index < -0.39 is 9.84 Å². The molecular formula is C19H22N2O3S2. The summed E-state index contributed by atoms with van der Waals surface area (Å²) in [6, 6.07) is 12.9. The van der Waals surface area contributed by atoms with Crippen LogP contribution >= 0.6 is 11.3 Å². The van der Waals surface area contributed by atoms with Gasteiger partial charge in [-0.3, -0.25) is 9.69 Å². The highest BCUT2D eigenvalue weighted by Gasteiger charge is 2.52. The summed E-state index contributed by atoms with van der Waals surface area (Å²) in [5.41, 5.74) is 0.567. The van der Waals surface area contributed by atoms with Crippen molar-refractivity contribution in [2.24, 2.45) is 5.92 Å². The molecule has 2 aromatic rings. The Morgan fingerprint density at radius 2 is 1.96 bits per heavy atom. The highest BCUT2D eigenvalue weighted by Crippen LogP contribution is 2.35. The number of sulfone groups is 1. The van der Waals surface area contributed by atoms with Crippen molar-refractivity contribution in [3.8, 4) is 0 Å². The average molecular weight is 391 g/mol. The number of hydrogen-bond donors (Lipinski definition) is 1. The molecule has 0 spiro atoms. The minimum Gasteiger partial charge on any atom is -0.348 e. The summed E-state index contributed by atoms with van der Waals surface area (Å²) in [7, 11) is -3.17. The quantitative estimate of drug-likeness (QED) is 0.868. The lowest BCUT2D eigenvalue weighted by Gasteiger charge is -2.20. The Kier molecular flexibility index (Phi) is 4.62. The molecule has 2 aliphatic heterocycles. The topological polar surface area (TPSA) is 66.5 Å². The van der Waals surface area contributed by atoms with Gasteiger partial charge in [0.05, 0.1) is 11.0 Å². The van der Waals surface area contributed by atoms with Gasteiger partial charge >= 0.3 is 0 Å². The van der Waals surface area contributed by atoms with E-state index in [4.69, 9.17) is 0 Å². The molecule has 0 aliphatic carbocycles. The Bertz CT molecular complexity index is 908. The van der Waals surface area contributed by atoms with Crippen LogP contribution in [0.5, 0.6) is 0 Å². The molecule has 4 rings (SSSR count). The van der Waals surface area contributed by atoms with Crippen molar-refractivity contribution in [2.45, 2.75) is 24.8 Å². The largest absolute Gasteiger partial charge is 0.348 e. The van der Waals surface area contributed by atoms with Crippen molar-refractivity contribution < 1.29 is 13.2 Å². The van der Waals surface area contributed by atoms with Gasteiger partial charge in [0.1, 0.15) is 0 Å². The minimum atomic E-state index is -3.17. The first kappa shape index (κ1) is 17.7. The van der Waals surface area contributed by atoms with Crippen LogP contribution in [0.15, 0.2) is 42.5 Å². The van der Waals surface area contributed by atoms with Crippen LogP contribution in [-0.4, -0.2) is 49.4 Å². The standard InChI is InChI=1S/C19H22N2O3S2/c1-13-7-8-15(25-13)9-21-10-16-17(12-26(23,24)18(16)11-21)20-19(22)14-5-3-2-4-6-14/h2-8,16-18H,9-12H2,1H3,(H,20,22). The molecule has 2 fully saturated rings. The zero-order valence-corrected chi connectivity index (χ0v) is 16.2. The molecule has 7 heteroatoms. The molecule has 3 heterocycles. The fourth-order valence-corrected chi connectivity index (χ4v) is 7.31. The average Bonchev–Trinajstić information content (AvgIpc) is 3.26. The second kappa shape index (κ2) is 6.79. The lowest BCUT2D eigenvalue weighted by Crippen LogP contribution is -2.42. The van der Waals surface area contributed by atoms with Gasteiger partial charge in [-0.15, -0.1) is 11.3 Å². The van der Waals surface area contributed by atoms with Crippen LogP contribution in [0.4, 0.5) is 0 Å². The third-order valence-electron chi connectivity index (χ3n) is 5.30. The predicted molar refractivity (Wildman–Crippen MR) is 103 cm³/mol. The molecule has 3 unspecified atom stereocenters. The summed E-state index contributed by atoms with van der Waals surface area (Å²) in [5.74, 6) is -0.181. The van der Waals surface area contributed by atoms with Gasteiger partial charge < -0.3 is 5.32 Å². The SMILES string of the molecule is Cc1ccc(CN2CC3C(NC(=O)c4ccccc4)CS(=O)(=O)C3C2)s1. The van der Waals surface area contributed by atoms with Crippen LogP contribution in [0.25, 0.3) is 0 Å². The molecule has 1 amide bonds. The van der Waals surface area contributed by atoms with Crippen LogP contribution < -0.4 is 5.32 Å². The van der Waals surface area contributed by atoms with Gasteiger partial charge in [0, 0.05) is 46.9 Å². The summed E-state index contributed by atoms with van der Waals surface area (Å²) < 4.78 is 25.2. The number of benzene rings is 1. The smallest absolute Gasteiger partial charge is 0.251 e. The molecule has 0 bridgehead atoms. The van der Waals surface area contributed by atoms with Crippen molar-refractivity contribution in [3.05, 3.63) is 57.8 Å². The van der Waals surface area contributed by atoms with E-state index in [9.17, 15) is 13.2 Å². The van der Waals surface area contributed by atoms with Crippen molar-refractivity contribution >= 4 is 27.1 Å². The van der Waals surface area contributed by atoms with Gasteiger partial charge in [-0.2, -0.15) is 0 Å². The normalized spacial score (nSPS) is 27.3. The van der Waals surface area contributed by atoms with Crippen LogP contribution in [-0.2, 0) is 16.4 Å². The highest BCUT2D eigenvalue weighted by molar-refractivity contribution is 7.92. The monoisotopic (exact) mass is 390 g/mol. The number of likely N-dealkylation sites (tertiary alicyclic amines) is 1. The van der Waals surface area contributed by atoms with Crippen LogP contribution in [0.3, 0.4) is 0 Å². The zero-order valence-electron chi connectivity index (χ0n) is 14.6. The number of carbonyl (C=O) groups is 1. The summed E-state index contributed by atoms with van der Waals surface area (Å²) in [6.07, 6.45) is 0. The van der Waals surface area contributed by atoms with E-state index in [1.165, 1.54) is 9.75 Å². The fourth-order valence-electron chi connectivity index (χ4n) is 4.05. The maximum absolute atomic E-state index is 12.6. The Labute approximate surface area is 157 Å². The van der Waals surface area contributed by atoms with E-state index in [1.54, 1.807) is 23.5 Å². The first-order valence-corrected chi connectivity index (χ1v) is 11.3. The summed E-state index contributed by atoms with van der Waals surface area (Å²) in [5, 5.41) is 2.60. The van der Waals surface area contributed by atoms with Crippen LogP contribution in [0, 0.1) is 12.8 Å². The summed E-state index contributed by atoms with van der Waals surface area (Å²) >= 11 is 1.75. The van der Waals surface area contributed by atoms with Crippen LogP contribution in [0.1, 0.15) is 20.1 Å². The highest BCUT2D eigenvalue weighted by atomic mass is 32.2. The van der Waals surface area contributed by atoms with Gasteiger partial charge in [-0.1, -0.05) is 18.2 Å². The van der Waals surface area contributed by atoms with E-state index in [2.05, 4.69) is 29.3 Å². The lowest BCUT2D eigenvalue weighted by molar-refractivity contribution is 0.0930. The van der Waals surface area contributed by atoms with Crippen molar-refractivity contribution in [1.29, 1.82) is 0 Å². The van der Waals surface area contributed by atoms with E-state index in [-0.39, 0.29) is 28.9 Å². The Morgan fingerprint density at radius 1 is 1.19 bits per heavy atom. The molecular weight excluding hydrogens is 368 g/mol. The molecule has 2 aliphatic rings. The van der Waals surface area contributed by atoms with E-state index >= 15 is 0 Å². The second-order valence-corrected chi connectivity index (χ2v) is 10.8. The summed E-state index contributed by atoms with van der Waals surface area (Å²) in [4.78, 5) is 17.2. The Morgan fingerprint density at radius 3 is 2.65 bits per heavy atom. The third kappa shape index (κ3) is 3.43. The van der Waals surface area contributed by atoms with Gasteiger partial charge in [0.25, 0.3) is 5.91 Å². The molecule has 138 valence electrons. The number of amides is 1. The maximum atomic E-state index is 12.6. The lowest BCUT2D eigenvalue weighted by atomic mass is 10.00. The third-order valence-corrected chi connectivity index (χ3v) is 8.53. The first-order valence-electron chi connectivity index (χ1n) is 8.77. The van der Waals surface area contributed by atoms with E-state index in [1.807, 2.05) is 18.2 Å². The molecule has 2 saturated heterocycles. The number of aryl methyl sites for hydroxylation is 1. The van der Waals surface area contributed by atoms with Gasteiger partial charge in [-0.05, 0) is 31.2 Å². The van der Waals surface area contributed by atoms with Crippen molar-refractivity contribution in [2.75, 3.05) is 18.8 Å². The number of carbonyl (C=O) groups excluding carboxylic acids is 1. The predicted octanol–water partition coefficient (Wildman–Crippen LogP) is 2.08. The first-order chi connectivity index (χ1) is 12.4. The zero-order chi connectivity index (χ0) is 18.3. The van der Waals surface area contributed by atoms with Gasteiger partial charge in [0.2, 0.25) is 0 Å². The van der Waals surface area contributed by atoms with Crippen molar-refractivity contribution in [1.82, 2.24) is 10.2 Å². The number of thiophene rings is 1. The Balaban J connectivity index is 1.47. The minimum absolute atomic E-state index is 0.0336. The number of hydrogen-bond acceptors (Lipinski definition) is 5. The number of nitrogens with zero attached hydrogens (tertiary/aromatic N) is 1. The molecule has 1 N–H and O–H groups in total. The van der Waals surface area contributed by atoms with E-state index in [0.29, 0.717) is 18.7 Å². The molecule has 0 saturated carbocycles. The van der Waals surface area contributed by atoms with Crippen LogP contribution in [0.2, 0.25) is 0 Å². The van der Waals surface area contributed by atoms with Gasteiger partial charge in [0.15, 0.2) is 9.84 Å². The summed E-state index contributed by atoms with van der Waals surface area (Å²) in [6.45, 7) is 4.12. The molecule has 1 aromatic carbocycles. The molecule has 3 atom stereocenters. The van der Waals surface area contributed by atoms with E-state index in [0.717, 1.165) is 6.54 Å². The molecule has 1 aromatic heterocycles. The number of fused-ring (bicyclic) bond motifs is 1. The molecule has 5 nitrogen and oxygen atoms in total. The van der Waals surface area contributed by atoms with Gasteiger partial charge in [-0.25, -0.2) is 8.42 Å². The number of rotatable bonds is 4. The van der Waals surface area contributed by atoms with Crippen molar-refractivity contribution in [3.63, 3.8) is 0 Å². The fraction of sp³-hybridized carbons (Fsp3) is 0.421. The Hall–Kier alpha value is -1.70. The molecule has 26 heavy (non-hydrogen) atoms. The second-order valence-electron chi connectivity index (χ2n) is 7.18. The maximum Gasteiger partial charge on any atom is 0.251 e. The molecule has 0 radical (unpaired) electrons. The number of nitrogens with one attached hydrogen (secondary N) is 1.